The Morgan fingerprint density at radius 2 is 2.00 bits per heavy atom. The molecule has 13 heavy (non-hydrogen) atoms. The number of hydrogen-bond acceptors (Lipinski definition) is 2. The van der Waals surface area contributed by atoms with Crippen LogP contribution in [0.4, 0.5) is 0 Å². The van der Waals surface area contributed by atoms with Gasteiger partial charge < -0.3 is 9.64 Å². The molecule has 0 saturated carbocycles. The van der Waals surface area contributed by atoms with Gasteiger partial charge in [0, 0.05) is 19.3 Å². The van der Waals surface area contributed by atoms with Crippen LogP contribution in [-0.2, 0) is 4.74 Å². The third kappa shape index (κ3) is 2.44. The highest BCUT2D eigenvalue weighted by Crippen LogP contribution is 2.26. The third-order valence-electron chi connectivity index (χ3n) is 3.62. The van der Waals surface area contributed by atoms with E-state index in [1.807, 2.05) is 0 Å². The van der Waals surface area contributed by atoms with Gasteiger partial charge in [-0.1, -0.05) is 0 Å². The molecule has 2 saturated heterocycles. The molecule has 0 spiro atoms. The number of ether oxygens (including phenoxy) is 1. The van der Waals surface area contributed by atoms with Crippen molar-refractivity contribution in [2.45, 2.75) is 38.1 Å². The van der Waals surface area contributed by atoms with Crippen molar-refractivity contribution in [2.24, 2.45) is 5.92 Å². The molecule has 2 aliphatic heterocycles. The Kier molecular flexibility index (Phi) is 3.23. The summed E-state index contributed by atoms with van der Waals surface area (Å²) in [6.45, 7) is 3.32. The molecule has 1 atom stereocenters. The lowest BCUT2D eigenvalue weighted by Crippen LogP contribution is -2.29. The Morgan fingerprint density at radius 1 is 1.23 bits per heavy atom. The molecule has 0 radical (unpaired) electrons. The molecule has 1 unspecified atom stereocenters. The van der Waals surface area contributed by atoms with E-state index in [-0.39, 0.29) is 0 Å². The fraction of sp³-hybridized carbons (Fsp3) is 1.00. The lowest BCUT2D eigenvalue weighted by molar-refractivity contribution is 0.0566. The van der Waals surface area contributed by atoms with Gasteiger partial charge in [-0.15, -0.1) is 0 Å². The Balaban J connectivity index is 1.75. The number of nitrogens with zero attached hydrogens (tertiary/aromatic N) is 1. The van der Waals surface area contributed by atoms with Crippen molar-refractivity contribution in [3.63, 3.8) is 0 Å². The van der Waals surface area contributed by atoms with Gasteiger partial charge in [0.25, 0.3) is 0 Å². The lowest BCUT2D eigenvalue weighted by atomic mass is 9.92. The standard InChI is InChI=1S/C11H21NO/c1-12-6-2-3-11(12)9-10-4-7-13-8-5-10/h10-11H,2-9H2,1H3. The third-order valence-corrected chi connectivity index (χ3v) is 3.62. The van der Waals surface area contributed by atoms with Crippen LogP contribution in [0.2, 0.25) is 0 Å². The van der Waals surface area contributed by atoms with Crippen LogP contribution in [0.15, 0.2) is 0 Å². The minimum atomic E-state index is 0.878. The zero-order valence-corrected chi connectivity index (χ0v) is 8.67. The van der Waals surface area contributed by atoms with Crippen molar-refractivity contribution in [3.8, 4) is 0 Å². The van der Waals surface area contributed by atoms with Crippen LogP contribution in [-0.4, -0.2) is 37.7 Å². The maximum atomic E-state index is 5.38. The fourth-order valence-electron chi connectivity index (χ4n) is 2.64. The number of likely N-dealkylation sites (tertiary alicyclic amines) is 1. The first-order valence-corrected chi connectivity index (χ1v) is 5.64. The molecule has 0 aliphatic carbocycles. The van der Waals surface area contributed by atoms with Crippen molar-refractivity contribution < 1.29 is 4.74 Å². The predicted molar refractivity (Wildman–Crippen MR) is 53.8 cm³/mol. The Bertz CT molecular complexity index is 154. The Labute approximate surface area is 81.3 Å². The minimum Gasteiger partial charge on any atom is -0.381 e. The molecule has 0 aromatic rings. The lowest BCUT2D eigenvalue weighted by Gasteiger charge is -2.27. The van der Waals surface area contributed by atoms with Gasteiger partial charge in [0.1, 0.15) is 0 Å². The van der Waals surface area contributed by atoms with E-state index in [0.29, 0.717) is 0 Å². The van der Waals surface area contributed by atoms with Gasteiger partial charge in [0.15, 0.2) is 0 Å². The topological polar surface area (TPSA) is 12.5 Å². The summed E-state index contributed by atoms with van der Waals surface area (Å²) in [5.41, 5.74) is 0. The molecular weight excluding hydrogens is 162 g/mol. The highest BCUT2D eigenvalue weighted by atomic mass is 16.5. The van der Waals surface area contributed by atoms with E-state index in [0.717, 1.165) is 25.2 Å². The van der Waals surface area contributed by atoms with Crippen molar-refractivity contribution in [2.75, 3.05) is 26.8 Å². The van der Waals surface area contributed by atoms with E-state index in [9.17, 15) is 0 Å². The van der Waals surface area contributed by atoms with Crippen LogP contribution < -0.4 is 0 Å². The predicted octanol–water partition coefficient (Wildman–Crippen LogP) is 1.90. The fourth-order valence-corrected chi connectivity index (χ4v) is 2.64. The zero-order valence-electron chi connectivity index (χ0n) is 8.67. The molecule has 2 heterocycles. The molecule has 2 fully saturated rings. The molecule has 76 valence electrons. The van der Waals surface area contributed by atoms with Crippen molar-refractivity contribution in [1.82, 2.24) is 4.90 Å². The van der Waals surface area contributed by atoms with Crippen molar-refractivity contribution >= 4 is 0 Å². The SMILES string of the molecule is CN1CCCC1CC1CCOCC1. The van der Waals surface area contributed by atoms with E-state index in [1.165, 1.54) is 38.6 Å². The monoisotopic (exact) mass is 183 g/mol. The van der Waals surface area contributed by atoms with Crippen LogP contribution in [0, 0.1) is 5.92 Å². The Morgan fingerprint density at radius 3 is 2.62 bits per heavy atom. The van der Waals surface area contributed by atoms with Gasteiger partial charge in [-0.25, -0.2) is 0 Å². The Hall–Kier alpha value is -0.0800. The molecule has 0 aromatic carbocycles. The average Bonchev–Trinajstić information content (AvgIpc) is 2.54. The smallest absolute Gasteiger partial charge is 0.0468 e. The summed E-state index contributed by atoms with van der Waals surface area (Å²) in [6, 6.07) is 0.878. The van der Waals surface area contributed by atoms with Crippen molar-refractivity contribution in [3.05, 3.63) is 0 Å². The summed E-state index contributed by atoms with van der Waals surface area (Å²) >= 11 is 0. The van der Waals surface area contributed by atoms with Gasteiger partial charge in [-0.05, 0) is 51.6 Å². The maximum absolute atomic E-state index is 5.38. The van der Waals surface area contributed by atoms with Crippen molar-refractivity contribution in [1.29, 1.82) is 0 Å². The summed E-state index contributed by atoms with van der Waals surface area (Å²) in [6.07, 6.45) is 6.84. The number of hydrogen-bond donors (Lipinski definition) is 0. The highest BCUT2D eigenvalue weighted by Gasteiger charge is 2.25. The molecular formula is C11H21NO. The average molecular weight is 183 g/mol. The minimum absolute atomic E-state index is 0.878. The normalized spacial score (nSPS) is 32.5. The molecule has 2 rings (SSSR count). The number of rotatable bonds is 2. The van der Waals surface area contributed by atoms with Gasteiger partial charge >= 0.3 is 0 Å². The van der Waals surface area contributed by atoms with Crippen LogP contribution in [0.25, 0.3) is 0 Å². The summed E-state index contributed by atoms with van der Waals surface area (Å²) in [7, 11) is 2.27. The van der Waals surface area contributed by atoms with Gasteiger partial charge in [0.05, 0.1) is 0 Å². The summed E-state index contributed by atoms with van der Waals surface area (Å²) in [5.74, 6) is 0.944. The quantitative estimate of drug-likeness (QED) is 0.648. The highest BCUT2D eigenvalue weighted by molar-refractivity contribution is 4.79. The molecule has 0 N–H and O–H groups in total. The molecule has 0 amide bonds. The maximum Gasteiger partial charge on any atom is 0.0468 e. The van der Waals surface area contributed by atoms with E-state index in [2.05, 4.69) is 11.9 Å². The molecule has 2 nitrogen and oxygen atoms in total. The van der Waals surface area contributed by atoms with E-state index in [1.54, 1.807) is 0 Å². The van der Waals surface area contributed by atoms with Crippen LogP contribution in [0.1, 0.15) is 32.1 Å². The first-order chi connectivity index (χ1) is 6.36. The second-order valence-electron chi connectivity index (χ2n) is 4.57. The molecule has 0 aromatic heterocycles. The van der Waals surface area contributed by atoms with E-state index in [4.69, 9.17) is 4.74 Å². The second kappa shape index (κ2) is 4.43. The van der Waals surface area contributed by atoms with Crippen LogP contribution in [0.5, 0.6) is 0 Å². The van der Waals surface area contributed by atoms with Crippen LogP contribution in [0.3, 0.4) is 0 Å². The van der Waals surface area contributed by atoms with E-state index >= 15 is 0 Å². The second-order valence-corrected chi connectivity index (χ2v) is 4.57. The summed E-state index contributed by atoms with van der Waals surface area (Å²) in [5, 5.41) is 0. The van der Waals surface area contributed by atoms with Crippen LogP contribution >= 0.6 is 0 Å². The molecule has 0 bridgehead atoms. The summed E-state index contributed by atoms with van der Waals surface area (Å²) in [4.78, 5) is 2.54. The first-order valence-electron chi connectivity index (χ1n) is 5.64. The zero-order chi connectivity index (χ0) is 9.10. The largest absolute Gasteiger partial charge is 0.381 e. The first kappa shape index (κ1) is 9.47. The van der Waals surface area contributed by atoms with Gasteiger partial charge in [0.2, 0.25) is 0 Å². The summed E-state index contributed by atoms with van der Waals surface area (Å²) < 4.78 is 5.38. The van der Waals surface area contributed by atoms with Gasteiger partial charge in [-0.2, -0.15) is 0 Å². The van der Waals surface area contributed by atoms with Gasteiger partial charge in [-0.3, -0.25) is 0 Å². The van der Waals surface area contributed by atoms with E-state index < -0.39 is 0 Å². The molecule has 2 aliphatic rings. The molecule has 2 heteroatoms.